The first kappa shape index (κ1) is 16.7. The zero-order chi connectivity index (χ0) is 15.2. The first-order chi connectivity index (χ1) is 9.66. The van der Waals surface area contributed by atoms with Crippen molar-refractivity contribution in [2.75, 3.05) is 7.11 Å². The number of ketones is 1. The number of benzene rings is 1. The van der Waals surface area contributed by atoms with Gasteiger partial charge in [0.05, 0.1) is 7.11 Å². The molecule has 0 bridgehead atoms. The van der Waals surface area contributed by atoms with E-state index in [1.54, 1.807) is 7.11 Å². The molecule has 1 aromatic carbocycles. The fourth-order valence-electron chi connectivity index (χ4n) is 3.26. The fourth-order valence-corrected chi connectivity index (χ4v) is 3.26. The lowest BCUT2D eigenvalue weighted by molar-refractivity contribution is 0.0785. The van der Waals surface area contributed by atoms with E-state index in [1.165, 1.54) is 5.56 Å². The van der Waals surface area contributed by atoms with E-state index >= 15 is 0 Å². The summed E-state index contributed by atoms with van der Waals surface area (Å²) in [4.78, 5) is 12.7. The van der Waals surface area contributed by atoms with E-state index in [2.05, 4.69) is 19.9 Å². The molecule has 0 saturated heterocycles. The van der Waals surface area contributed by atoms with Gasteiger partial charge in [-0.2, -0.15) is 0 Å². The van der Waals surface area contributed by atoms with E-state index in [0.29, 0.717) is 5.78 Å². The quantitative estimate of drug-likeness (QED) is 0.752. The van der Waals surface area contributed by atoms with Gasteiger partial charge >= 0.3 is 0 Å². The first-order valence-corrected chi connectivity index (χ1v) is 7.88. The SMILES string of the molecule is CC.CCCC1(CCC)Cc2ccc(OC)cc2C1=O. The van der Waals surface area contributed by atoms with Gasteiger partial charge in [0.25, 0.3) is 0 Å². The molecule has 2 heteroatoms. The molecule has 2 rings (SSSR count). The van der Waals surface area contributed by atoms with Gasteiger partial charge in [-0.25, -0.2) is 0 Å². The van der Waals surface area contributed by atoms with Crippen LogP contribution in [0.3, 0.4) is 0 Å². The summed E-state index contributed by atoms with van der Waals surface area (Å²) in [5, 5.41) is 0. The molecule has 0 atom stereocenters. The van der Waals surface area contributed by atoms with Gasteiger partial charge < -0.3 is 4.74 Å². The highest BCUT2D eigenvalue weighted by Crippen LogP contribution is 2.44. The highest BCUT2D eigenvalue weighted by atomic mass is 16.5. The second-order valence-corrected chi connectivity index (χ2v) is 5.31. The number of Topliss-reactive ketones (excluding diaryl/α,β-unsaturated/α-hetero) is 1. The molecule has 2 nitrogen and oxygen atoms in total. The molecule has 0 unspecified atom stereocenters. The minimum Gasteiger partial charge on any atom is -0.497 e. The molecule has 0 radical (unpaired) electrons. The molecular formula is C18H28O2. The maximum Gasteiger partial charge on any atom is 0.169 e. The average molecular weight is 276 g/mol. The summed E-state index contributed by atoms with van der Waals surface area (Å²) in [6, 6.07) is 5.92. The molecule has 0 aromatic heterocycles. The summed E-state index contributed by atoms with van der Waals surface area (Å²) in [6.45, 7) is 8.32. The monoisotopic (exact) mass is 276 g/mol. The van der Waals surface area contributed by atoms with E-state index < -0.39 is 0 Å². The van der Waals surface area contributed by atoms with Crippen LogP contribution in [0.1, 0.15) is 69.3 Å². The lowest BCUT2D eigenvalue weighted by atomic mass is 9.76. The predicted molar refractivity (Wildman–Crippen MR) is 84.6 cm³/mol. The van der Waals surface area contributed by atoms with Gasteiger partial charge in [-0.3, -0.25) is 4.79 Å². The van der Waals surface area contributed by atoms with Crippen LogP contribution in [0.2, 0.25) is 0 Å². The van der Waals surface area contributed by atoms with E-state index in [0.717, 1.165) is 43.4 Å². The van der Waals surface area contributed by atoms with Crippen molar-refractivity contribution in [2.45, 2.75) is 59.8 Å². The van der Waals surface area contributed by atoms with E-state index in [4.69, 9.17) is 4.74 Å². The third-order valence-corrected chi connectivity index (χ3v) is 4.03. The molecule has 0 saturated carbocycles. The number of hydrogen-bond acceptors (Lipinski definition) is 2. The van der Waals surface area contributed by atoms with Crippen LogP contribution in [0.4, 0.5) is 0 Å². The molecular weight excluding hydrogens is 248 g/mol. The number of hydrogen-bond donors (Lipinski definition) is 0. The van der Waals surface area contributed by atoms with Crippen LogP contribution in [-0.4, -0.2) is 12.9 Å². The van der Waals surface area contributed by atoms with Crippen molar-refractivity contribution in [3.05, 3.63) is 29.3 Å². The van der Waals surface area contributed by atoms with E-state index in [9.17, 15) is 4.79 Å². The Hall–Kier alpha value is -1.31. The zero-order valence-corrected chi connectivity index (χ0v) is 13.6. The number of carbonyl (C=O) groups excluding carboxylic acids is 1. The summed E-state index contributed by atoms with van der Waals surface area (Å²) in [5.41, 5.74) is 1.94. The molecule has 1 aliphatic rings. The standard InChI is InChI=1S/C16H22O2.C2H6/c1-4-8-16(9-5-2)11-12-6-7-13(18-3)10-14(12)15(16)17;1-2/h6-7,10H,4-5,8-9,11H2,1-3H3;1-2H3. The van der Waals surface area contributed by atoms with Gasteiger partial charge in [-0.1, -0.05) is 46.6 Å². The van der Waals surface area contributed by atoms with Gasteiger partial charge in [0.2, 0.25) is 0 Å². The molecule has 20 heavy (non-hydrogen) atoms. The van der Waals surface area contributed by atoms with Crippen molar-refractivity contribution < 1.29 is 9.53 Å². The number of methoxy groups -OCH3 is 1. The highest BCUT2D eigenvalue weighted by Gasteiger charge is 2.43. The van der Waals surface area contributed by atoms with Crippen LogP contribution in [0, 0.1) is 5.41 Å². The topological polar surface area (TPSA) is 26.3 Å². The Labute approximate surface area is 123 Å². The summed E-state index contributed by atoms with van der Waals surface area (Å²) >= 11 is 0. The average Bonchev–Trinajstić information content (AvgIpc) is 2.74. The largest absolute Gasteiger partial charge is 0.497 e. The van der Waals surface area contributed by atoms with Crippen LogP contribution in [0.25, 0.3) is 0 Å². The Bertz CT molecular complexity index is 443. The summed E-state index contributed by atoms with van der Waals surface area (Å²) in [7, 11) is 1.65. The summed E-state index contributed by atoms with van der Waals surface area (Å²) in [5.74, 6) is 1.12. The van der Waals surface area contributed by atoms with Crippen molar-refractivity contribution in [2.24, 2.45) is 5.41 Å². The van der Waals surface area contributed by atoms with Crippen LogP contribution >= 0.6 is 0 Å². The van der Waals surface area contributed by atoms with Gasteiger partial charge in [0, 0.05) is 11.0 Å². The van der Waals surface area contributed by atoms with Crippen LogP contribution < -0.4 is 4.74 Å². The minimum absolute atomic E-state index is 0.141. The lowest BCUT2D eigenvalue weighted by Crippen LogP contribution is -2.27. The minimum atomic E-state index is -0.141. The molecule has 0 amide bonds. The molecule has 0 N–H and O–H groups in total. The van der Waals surface area contributed by atoms with Crippen molar-refractivity contribution >= 4 is 5.78 Å². The smallest absolute Gasteiger partial charge is 0.169 e. The number of carbonyl (C=O) groups is 1. The molecule has 0 spiro atoms. The molecule has 0 heterocycles. The number of ether oxygens (including phenoxy) is 1. The second-order valence-electron chi connectivity index (χ2n) is 5.31. The molecule has 1 aromatic rings. The number of rotatable bonds is 5. The second kappa shape index (κ2) is 7.47. The predicted octanol–water partition coefficient (Wildman–Crippen LogP) is 5.05. The summed E-state index contributed by atoms with van der Waals surface area (Å²) < 4.78 is 5.22. The van der Waals surface area contributed by atoms with Crippen molar-refractivity contribution in [3.63, 3.8) is 0 Å². The Balaban J connectivity index is 0.000000956. The highest BCUT2D eigenvalue weighted by molar-refractivity contribution is 6.05. The third-order valence-electron chi connectivity index (χ3n) is 4.03. The maximum absolute atomic E-state index is 12.7. The van der Waals surface area contributed by atoms with E-state index in [1.807, 2.05) is 26.0 Å². The number of fused-ring (bicyclic) bond motifs is 1. The summed E-state index contributed by atoms with van der Waals surface area (Å²) in [6.07, 6.45) is 5.04. The Kier molecular flexibility index (Phi) is 6.25. The van der Waals surface area contributed by atoms with Gasteiger partial charge in [0.1, 0.15) is 5.75 Å². The zero-order valence-electron chi connectivity index (χ0n) is 13.6. The lowest BCUT2D eigenvalue weighted by Gasteiger charge is -2.26. The van der Waals surface area contributed by atoms with Crippen molar-refractivity contribution in [1.29, 1.82) is 0 Å². The molecule has 0 aliphatic heterocycles. The van der Waals surface area contributed by atoms with Crippen LogP contribution in [0.15, 0.2) is 18.2 Å². The Morgan fingerprint density at radius 1 is 1.15 bits per heavy atom. The van der Waals surface area contributed by atoms with Crippen LogP contribution in [0.5, 0.6) is 5.75 Å². The maximum atomic E-state index is 12.7. The first-order valence-electron chi connectivity index (χ1n) is 7.88. The van der Waals surface area contributed by atoms with Gasteiger partial charge in [-0.15, -0.1) is 0 Å². The Morgan fingerprint density at radius 3 is 2.25 bits per heavy atom. The normalized spacial score (nSPS) is 15.3. The Morgan fingerprint density at radius 2 is 1.75 bits per heavy atom. The third kappa shape index (κ3) is 3.05. The van der Waals surface area contributed by atoms with Crippen LogP contribution in [-0.2, 0) is 6.42 Å². The molecule has 112 valence electrons. The van der Waals surface area contributed by atoms with Gasteiger partial charge in [0.15, 0.2) is 5.78 Å². The molecule has 0 fully saturated rings. The molecule has 1 aliphatic carbocycles. The van der Waals surface area contributed by atoms with Crippen molar-refractivity contribution in [3.8, 4) is 5.75 Å². The fraction of sp³-hybridized carbons (Fsp3) is 0.611. The van der Waals surface area contributed by atoms with Crippen molar-refractivity contribution in [1.82, 2.24) is 0 Å². The van der Waals surface area contributed by atoms with Gasteiger partial charge in [-0.05, 0) is 37.0 Å². The van der Waals surface area contributed by atoms with E-state index in [-0.39, 0.29) is 5.41 Å².